The summed E-state index contributed by atoms with van der Waals surface area (Å²) >= 11 is 0. The molecule has 1 aromatic rings. The van der Waals surface area contributed by atoms with E-state index in [1.165, 1.54) is 6.92 Å². The smallest absolute Gasteiger partial charge is 0.251 e. The first-order chi connectivity index (χ1) is 20.9. The van der Waals surface area contributed by atoms with E-state index in [1.54, 1.807) is 85.7 Å². The van der Waals surface area contributed by atoms with E-state index in [4.69, 9.17) is 5.73 Å². The van der Waals surface area contributed by atoms with Gasteiger partial charge < -0.3 is 37.4 Å². The Morgan fingerprint density at radius 2 is 0.978 bits per heavy atom. The number of hydrogen-bond donors (Lipinski definition) is 7. The van der Waals surface area contributed by atoms with Crippen LogP contribution in [-0.4, -0.2) is 76.9 Å². The highest BCUT2D eigenvalue weighted by molar-refractivity contribution is 5.94. The number of primary amides is 1. The number of hydrogen-bond acceptors (Lipinski definition) is 7. The Labute approximate surface area is 266 Å². The molecule has 252 valence electrons. The number of benzene rings is 1. The standard InChI is InChI=1S/C32H52N6O7/c1-16(2)23(28(33)41)36-31(44)26(19(7)8)38-32(45)27(40)22(15-21-13-11-10-12-14-21)35-29(42)25(18(5)6)37-30(43)24(17(3)4)34-20(9)39/h10-14,16-19,22-27,40H,15H2,1-9H3,(H2,33,41)(H,34,39)(H,35,42)(H,36,44)(H,37,43)(H,38,45)/t22-,23-,24-,25-,26-,27+/m0/s1. The van der Waals surface area contributed by atoms with Gasteiger partial charge in [0.2, 0.25) is 29.5 Å². The van der Waals surface area contributed by atoms with E-state index in [-0.39, 0.29) is 18.3 Å². The molecule has 1 rings (SSSR count). The van der Waals surface area contributed by atoms with Crippen molar-refractivity contribution in [3.63, 3.8) is 0 Å². The Morgan fingerprint density at radius 1 is 0.600 bits per heavy atom. The zero-order valence-corrected chi connectivity index (χ0v) is 27.8. The zero-order chi connectivity index (χ0) is 34.6. The van der Waals surface area contributed by atoms with Crippen LogP contribution in [0.4, 0.5) is 0 Å². The Balaban J connectivity index is 3.27. The first kappa shape index (κ1) is 39.0. The van der Waals surface area contributed by atoms with Crippen molar-refractivity contribution < 1.29 is 33.9 Å². The monoisotopic (exact) mass is 632 g/mol. The molecule has 0 spiro atoms. The van der Waals surface area contributed by atoms with Crippen molar-refractivity contribution in [3.05, 3.63) is 35.9 Å². The second-order valence-corrected chi connectivity index (χ2v) is 12.8. The van der Waals surface area contributed by atoms with Gasteiger partial charge in [0.15, 0.2) is 6.10 Å². The Morgan fingerprint density at radius 3 is 1.38 bits per heavy atom. The Bertz CT molecular complexity index is 1170. The third-order valence-corrected chi connectivity index (χ3v) is 7.35. The molecule has 6 amide bonds. The van der Waals surface area contributed by atoms with Gasteiger partial charge in [0.1, 0.15) is 24.2 Å². The van der Waals surface area contributed by atoms with Crippen LogP contribution in [0.5, 0.6) is 0 Å². The first-order valence-electron chi connectivity index (χ1n) is 15.4. The SMILES string of the molecule is CC(=O)N[C@H](C(=O)N[C@H](C(=O)N[C@@H](Cc1ccccc1)[C@@H](O)C(=O)N[C@H](C(=O)N[C@H](C(N)=O)C(C)C)C(C)C)C(C)C)C(C)C. The predicted molar refractivity (Wildman–Crippen MR) is 170 cm³/mol. The van der Waals surface area contributed by atoms with Crippen molar-refractivity contribution in [2.45, 2.75) is 105 Å². The molecule has 13 nitrogen and oxygen atoms in total. The Kier molecular flexibility index (Phi) is 15.7. The molecule has 0 fully saturated rings. The van der Waals surface area contributed by atoms with Gasteiger partial charge in [0, 0.05) is 6.92 Å². The van der Waals surface area contributed by atoms with E-state index < -0.39 is 83.6 Å². The largest absolute Gasteiger partial charge is 0.381 e. The van der Waals surface area contributed by atoms with Crippen molar-refractivity contribution >= 4 is 35.4 Å². The zero-order valence-electron chi connectivity index (χ0n) is 27.8. The minimum atomic E-state index is -1.80. The lowest BCUT2D eigenvalue weighted by molar-refractivity contribution is -0.138. The third-order valence-electron chi connectivity index (χ3n) is 7.35. The lowest BCUT2D eigenvalue weighted by Crippen LogP contribution is -2.61. The maximum absolute atomic E-state index is 13.6. The molecule has 0 heterocycles. The van der Waals surface area contributed by atoms with Gasteiger partial charge in [0.25, 0.3) is 5.91 Å². The second kappa shape index (κ2) is 18.1. The minimum Gasteiger partial charge on any atom is -0.381 e. The number of rotatable bonds is 17. The topological polar surface area (TPSA) is 209 Å². The van der Waals surface area contributed by atoms with E-state index in [0.717, 1.165) is 0 Å². The summed E-state index contributed by atoms with van der Waals surface area (Å²) in [6.07, 6.45) is -1.75. The summed E-state index contributed by atoms with van der Waals surface area (Å²) in [7, 11) is 0. The summed E-state index contributed by atoms with van der Waals surface area (Å²) in [4.78, 5) is 76.7. The summed E-state index contributed by atoms with van der Waals surface area (Å²) in [5.74, 6) is -5.24. The van der Waals surface area contributed by atoms with Crippen LogP contribution in [0, 0.1) is 23.7 Å². The Hall–Kier alpha value is -4.00. The molecule has 8 N–H and O–H groups in total. The van der Waals surface area contributed by atoms with Crippen LogP contribution in [0.25, 0.3) is 0 Å². The predicted octanol–water partition coefficient (Wildman–Crippen LogP) is 0.143. The summed E-state index contributed by atoms with van der Waals surface area (Å²) in [6, 6.07) is 3.71. The van der Waals surface area contributed by atoms with Crippen LogP contribution in [0.2, 0.25) is 0 Å². The molecule has 13 heteroatoms. The molecule has 0 aliphatic heterocycles. The summed E-state index contributed by atoms with van der Waals surface area (Å²) in [6.45, 7) is 15.1. The number of carbonyl (C=O) groups is 6. The molecule has 0 saturated carbocycles. The van der Waals surface area contributed by atoms with Crippen LogP contribution in [0.1, 0.15) is 67.9 Å². The van der Waals surface area contributed by atoms with E-state index in [9.17, 15) is 33.9 Å². The number of aliphatic hydroxyl groups is 1. The van der Waals surface area contributed by atoms with E-state index in [0.29, 0.717) is 5.56 Å². The third kappa shape index (κ3) is 12.5. The van der Waals surface area contributed by atoms with Gasteiger partial charge in [0.05, 0.1) is 6.04 Å². The fourth-order valence-corrected chi connectivity index (χ4v) is 4.68. The normalized spacial score (nSPS) is 15.4. The summed E-state index contributed by atoms with van der Waals surface area (Å²) in [5.41, 5.74) is 6.15. The fraction of sp³-hybridized carbons (Fsp3) is 0.625. The van der Waals surface area contributed by atoms with Crippen LogP contribution < -0.4 is 32.3 Å². The van der Waals surface area contributed by atoms with Crippen LogP contribution in [-0.2, 0) is 35.2 Å². The van der Waals surface area contributed by atoms with Gasteiger partial charge in [-0.15, -0.1) is 0 Å². The number of carbonyl (C=O) groups excluding carboxylic acids is 6. The van der Waals surface area contributed by atoms with Crippen molar-refractivity contribution in [3.8, 4) is 0 Å². The maximum atomic E-state index is 13.6. The molecule has 1 aromatic carbocycles. The quantitative estimate of drug-likeness (QED) is 0.126. The molecule has 0 radical (unpaired) electrons. The summed E-state index contributed by atoms with van der Waals surface area (Å²) in [5, 5.41) is 24.4. The molecule has 0 unspecified atom stereocenters. The summed E-state index contributed by atoms with van der Waals surface area (Å²) < 4.78 is 0. The van der Waals surface area contributed by atoms with Crippen molar-refractivity contribution in [1.29, 1.82) is 0 Å². The highest BCUT2D eigenvalue weighted by Crippen LogP contribution is 2.12. The van der Waals surface area contributed by atoms with Crippen LogP contribution in [0.3, 0.4) is 0 Å². The van der Waals surface area contributed by atoms with Gasteiger partial charge in [-0.3, -0.25) is 28.8 Å². The van der Waals surface area contributed by atoms with Crippen molar-refractivity contribution in [1.82, 2.24) is 26.6 Å². The van der Waals surface area contributed by atoms with Crippen molar-refractivity contribution in [2.24, 2.45) is 29.4 Å². The van der Waals surface area contributed by atoms with Gasteiger partial charge in [-0.1, -0.05) is 85.7 Å². The minimum absolute atomic E-state index is 0.0517. The molecule has 0 aromatic heterocycles. The fourth-order valence-electron chi connectivity index (χ4n) is 4.68. The van der Waals surface area contributed by atoms with Crippen LogP contribution in [0.15, 0.2) is 30.3 Å². The molecule has 45 heavy (non-hydrogen) atoms. The van der Waals surface area contributed by atoms with Gasteiger partial charge in [-0.05, 0) is 35.7 Å². The maximum Gasteiger partial charge on any atom is 0.251 e. The van der Waals surface area contributed by atoms with E-state index >= 15 is 0 Å². The second-order valence-electron chi connectivity index (χ2n) is 12.8. The van der Waals surface area contributed by atoms with Gasteiger partial charge in [-0.25, -0.2) is 0 Å². The molecular weight excluding hydrogens is 580 g/mol. The average molecular weight is 633 g/mol. The van der Waals surface area contributed by atoms with Crippen molar-refractivity contribution in [2.75, 3.05) is 0 Å². The lowest BCUT2D eigenvalue weighted by atomic mass is 9.96. The van der Waals surface area contributed by atoms with Gasteiger partial charge in [-0.2, -0.15) is 0 Å². The lowest BCUT2D eigenvalue weighted by Gasteiger charge is -2.31. The molecular formula is C32H52N6O7. The number of nitrogens with one attached hydrogen (secondary N) is 5. The van der Waals surface area contributed by atoms with E-state index in [2.05, 4.69) is 26.6 Å². The van der Waals surface area contributed by atoms with Gasteiger partial charge >= 0.3 is 0 Å². The molecule has 0 aliphatic carbocycles. The average Bonchev–Trinajstić information content (AvgIpc) is 2.94. The molecule has 0 aliphatic rings. The highest BCUT2D eigenvalue weighted by Gasteiger charge is 2.36. The van der Waals surface area contributed by atoms with Crippen LogP contribution >= 0.6 is 0 Å². The first-order valence-corrected chi connectivity index (χ1v) is 15.4. The van der Waals surface area contributed by atoms with E-state index in [1.807, 2.05) is 0 Å². The molecule has 6 atom stereocenters. The highest BCUT2D eigenvalue weighted by atomic mass is 16.3. The number of amides is 6. The molecule has 0 bridgehead atoms. The number of nitrogens with two attached hydrogens (primary N) is 1. The number of aliphatic hydroxyl groups excluding tert-OH is 1. The molecule has 0 saturated heterocycles.